The van der Waals surface area contributed by atoms with E-state index in [4.69, 9.17) is 0 Å². The molecule has 0 spiro atoms. The van der Waals surface area contributed by atoms with Gasteiger partial charge < -0.3 is 10.4 Å². The molecule has 0 aliphatic heterocycles. The number of rotatable bonds is 4. The van der Waals surface area contributed by atoms with Gasteiger partial charge in [0.15, 0.2) is 0 Å². The van der Waals surface area contributed by atoms with Crippen molar-refractivity contribution in [1.82, 2.24) is 4.98 Å². The lowest BCUT2D eigenvalue weighted by atomic mass is 9.87. The number of aryl methyl sites for hydroxylation is 1. The van der Waals surface area contributed by atoms with Crippen LogP contribution >= 0.6 is 0 Å². The lowest BCUT2D eigenvalue weighted by Crippen LogP contribution is -2.30. The van der Waals surface area contributed by atoms with Gasteiger partial charge in [0.2, 0.25) is 0 Å². The number of aliphatic hydroxyl groups excluding tert-OH is 1. The molecule has 3 nitrogen and oxygen atoms in total. The molecule has 0 radical (unpaired) electrons. The summed E-state index contributed by atoms with van der Waals surface area (Å²) in [5.41, 5.74) is 1.11. The standard InChI is InChI=1S/C13H20N2O/c1-11-5-4-6-12(15-11)14-9-13(10-16)7-2-3-8-13/h4-6,16H,2-3,7-10H2,1H3,(H,14,15). The van der Waals surface area contributed by atoms with Crippen molar-refractivity contribution in [3.8, 4) is 0 Å². The number of pyridine rings is 1. The van der Waals surface area contributed by atoms with Crippen LogP contribution in [0.25, 0.3) is 0 Å². The van der Waals surface area contributed by atoms with Crippen LogP contribution in [0, 0.1) is 12.3 Å². The number of anilines is 1. The minimum absolute atomic E-state index is 0.0887. The zero-order valence-electron chi connectivity index (χ0n) is 9.87. The van der Waals surface area contributed by atoms with Gasteiger partial charge in [-0.1, -0.05) is 18.9 Å². The average Bonchev–Trinajstić information content (AvgIpc) is 2.76. The van der Waals surface area contributed by atoms with Gasteiger partial charge in [-0.2, -0.15) is 0 Å². The Balaban J connectivity index is 1.95. The van der Waals surface area contributed by atoms with E-state index < -0.39 is 0 Å². The third kappa shape index (κ3) is 2.53. The van der Waals surface area contributed by atoms with Crippen molar-refractivity contribution in [3.05, 3.63) is 23.9 Å². The van der Waals surface area contributed by atoms with Crippen LogP contribution in [0.3, 0.4) is 0 Å². The van der Waals surface area contributed by atoms with Gasteiger partial charge >= 0.3 is 0 Å². The summed E-state index contributed by atoms with van der Waals surface area (Å²) in [5.74, 6) is 0.916. The van der Waals surface area contributed by atoms with Gasteiger partial charge in [0.1, 0.15) is 5.82 Å². The summed E-state index contributed by atoms with van der Waals surface area (Å²) in [5, 5.41) is 12.8. The zero-order chi connectivity index (χ0) is 11.4. The Hall–Kier alpha value is -1.09. The van der Waals surface area contributed by atoms with E-state index in [0.717, 1.165) is 30.9 Å². The molecular weight excluding hydrogens is 200 g/mol. The van der Waals surface area contributed by atoms with Crippen LogP contribution < -0.4 is 5.32 Å². The summed E-state index contributed by atoms with van der Waals surface area (Å²) in [6, 6.07) is 5.97. The van der Waals surface area contributed by atoms with Crippen molar-refractivity contribution in [2.24, 2.45) is 5.41 Å². The van der Waals surface area contributed by atoms with Crippen LogP contribution in [0.15, 0.2) is 18.2 Å². The smallest absolute Gasteiger partial charge is 0.126 e. The molecule has 0 unspecified atom stereocenters. The fourth-order valence-corrected chi connectivity index (χ4v) is 2.44. The molecule has 3 heteroatoms. The maximum Gasteiger partial charge on any atom is 0.126 e. The molecule has 0 bridgehead atoms. The summed E-state index contributed by atoms with van der Waals surface area (Å²) in [4.78, 5) is 4.41. The molecule has 2 N–H and O–H groups in total. The molecule has 88 valence electrons. The highest BCUT2D eigenvalue weighted by atomic mass is 16.3. The van der Waals surface area contributed by atoms with Crippen LogP contribution in [0.5, 0.6) is 0 Å². The SMILES string of the molecule is Cc1cccc(NCC2(CO)CCCC2)n1. The van der Waals surface area contributed by atoms with Crippen molar-refractivity contribution in [1.29, 1.82) is 0 Å². The van der Waals surface area contributed by atoms with Crippen molar-refractivity contribution < 1.29 is 5.11 Å². The Labute approximate surface area is 96.9 Å². The van der Waals surface area contributed by atoms with Crippen molar-refractivity contribution >= 4 is 5.82 Å². The second-order valence-electron chi connectivity index (χ2n) is 4.88. The van der Waals surface area contributed by atoms with Crippen LogP contribution in [0.1, 0.15) is 31.4 Å². The first-order chi connectivity index (χ1) is 7.74. The number of aliphatic hydroxyl groups is 1. The molecule has 0 aromatic carbocycles. The van der Waals surface area contributed by atoms with E-state index in [-0.39, 0.29) is 12.0 Å². The number of hydrogen-bond donors (Lipinski definition) is 2. The minimum Gasteiger partial charge on any atom is -0.396 e. The molecule has 1 aliphatic rings. The summed E-state index contributed by atoms with van der Waals surface area (Å²) >= 11 is 0. The molecule has 0 amide bonds. The second-order valence-corrected chi connectivity index (χ2v) is 4.88. The molecule has 1 saturated carbocycles. The highest BCUT2D eigenvalue weighted by Gasteiger charge is 2.32. The number of nitrogens with one attached hydrogen (secondary N) is 1. The highest BCUT2D eigenvalue weighted by Crippen LogP contribution is 2.37. The third-order valence-electron chi connectivity index (χ3n) is 3.53. The lowest BCUT2D eigenvalue weighted by Gasteiger charge is -2.26. The van der Waals surface area contributed by atoms with Gasteiger partial charge in [-0.15, -0.1) is 0 Å². The molecule has 1 aromatic heterocycles. The van der Waals surface area contributed by atoms with E-state index in [1.54, 1.807) is 0 Å². The number of aromatic nitrogens is 1. The van der Waals surface area contributed by atoms with E-state index in [0.29, 0.717) is 0 Å². The maximum atomic E-state index is 9.49. The van der Waals surface area contributed by atoms with Crippen molar-refractivity contribution in [3.63, 3.8) is 0 Å². The molecular formula is C13H20N2O. The highest BCUT2D eigenvalue weighted by molar-refractivity contribution is 5.35. The molecule has 1 aliphatic carbocycles. The first-order valence-electron chi connectivity index (χ1n) is 6.03. The van der Waals surface area contributed by atoms with E-state index in [1.165, 1.54) is 12.8 Å². The fraction of sp³-hybridized carbons (Fsp3) is 0.615. The van der Waals surface area contributed by atoms with Crippen LogP contribution in [0.2, 0.25) is 0 Å². The Bertz CT molecular complexity index is 346. The predicted molar refractivity (Wildman–Crippen MR) is 65.5 cm³/mol. The van der Waals surface area contributed by atoms with Crippen LogP contribution in [-0.2, 0) is 0 Å². The Morgan fingerprint density at radius 1 is 1.38 bits per heavy atom. The zero-order valence-corrected chi connectivity index (χ0v) is 9.87. The van der Waals surface area contributed by atoms with Crippen molar-refractivity contribution in [2.75, 3.05) is 18.5 Å². The fourth-order valence-electron chi connectivity index (χ4n) is 2.44. The average molecular weight is 220 g/mol. The third-order valence-corrected chi connectivity index (χ3v) is 3.53. The largest absolute Gasteiger partial charge is 0.396 e. The lowest BCUT2D eigenvalue weighted by molar-refractivity contribution is 0.142. The van der Waals surface area contributed by atoms with Gasteiger partial charge in [0, 0.05) is 17.7 Å². The molecule has 0 atom stereocenters. The Kier molecular flexibility index (Phi) is 3.44. The normalized spacial score (nSPS) is 18.6. The molecule has 1 aromatic rings. The van der Waals surface area contributed by atoms with Gasteiger partial charge in [-0.3, -0.25) is 0 Å². The summed E-state index contributed by atoms with van der Waals surface area (Å²) < 4.78 is 0. The molecule has 1 fully saturated rings. The minimum atomic E-state index is 0.0887. The van der Waals surface area contributed by atoms with Crippen LogP contribution in [-0.4, -0.2) is 23.2 Å². The molecule has 2 rings (SSSR count). The van der Waals surface area contributed by atoms with Gasteiger partial charge in [0.25, 0.3) is 0 Å². The predicted octanol–water partition coefficient (Wildman–Crippen LogP) is 2.35. The van der Waals surface area contributed by atoms with Crippen molar-refractivity contribution in [2.45, 2.75) is 32.6 Å². The quantitative estimate of drug-likeness (QED) is 0.818. The molecule has 16 heavy (non-hydrogen) atoms. The molecule has 1 heterocycles. The second kappa shape index (κ2) is 4.83. The summed E-state index contributed by atoms with van der Waals surface area (Å²) in [6.07, 6.45) is 4.73. The monoisotopic (exact) mass is 220 g/mol. The van der Waals surface area contributed by atoms with E-state index in [2.05, 4.69) is 10.3 Å². The maximum absolute atomic E-state index is 9.49. The number of hydrogen-bond acceptors (Lipinski definition) is 3. The van der Waals surface area contributed by atoms with Crippen LogP contribution in [0.4, 0.5) is 5.82 Å². The van der Waals surface area contributed by atoms with Gasteiger partial charge in [0.05, 0.1) is 6.61 Å². The Morgan fingerprint density at radius 3 is 2.75 bits per heavy atom. The molecule has 0 saturated heterocycles. The first-order valence-corrected chi connectivity index (χ1v) is 6.03. The van der Waals surface area contributed by atoms with E-state index in [9.17, 15) is 5.11 Å². The van der Waals surface area contributed by atoms with E-state index in [1.807, 2.05) is 25.1 Å². The summed E-state index contributed by atoms with van der Waals surface area (Å²) in [6.45, 7) is 3.11. The van der Waals surface area contributed by atoms with E-state index >= 15 is 0 Å². The summed E-state index contributed by atoms with van der Waals surface area (Å²) in [7, 11) is 0. The van der Waals surface area contributed by atoms with Gasteiger partial charge in [-0.25, -0.2) is 4.98 Å². The first kappa shape index (κ1) is 11.4. The Morgan fingerprint density at radius 2 is 2.12 bits per heavy atom. The topological polar surface area (TPSA) is 45.1 Å². The number of nitrogens with zero attached hydrogens (tertiary/aromatic N) is 1. The van der Waals surface area contributed by atoms with Gasteiger partial charge in [-0.05, 0) is 31.9 Å².